The molecule has 1 aromatic carbocycles. The summed E-state index contributed by atoms with van der Waals surface area (Å²) in [6, 6.07) is 4.04. The maximum atomic E-state index is 13.6. The third kappa shape index (κ3) is 4.39. The Morgan fingerprint density at radius 2 is 2.21 bits per heavy atom. The molecule has 1 unspecified atom stereocenters. The fourth-order valence-electron chi connectivity index (χ4n) is 1.91. The van der Waals surface area contributed by atoms with E-state index in [4.69, 9.17) is 0 Å². The van der Waals surface area contributed by atoms with E-state index < -0.39 is 15.8 Å². The summed E-state index contributed by atoms with van der Waals surface area (Å²) >= 11 is 3.09. The fraction of sp³-hybridized carbons (Fsp3) is 0.455. The lowest BCUT2D eigenvalue weighted by molar-refractivity contribution is 0.538. The Morgan fingerprint density at radius 1 is 1.47 bits per heavy atom. The number of benzene rings is 1. The number of sulfonamides is 1. The molecule has 1 aliphatic rings. The first-order chi connectivity index (χ1) is 8.49. The minimum Gasteiger partial charge on any atom is -0.313 e. The van der Waals surface area contributed by atoms with Crippen LogP contribution in [0.25, 0.3) is 0 Å². The van der Waals surface area contributed by atoms with Gasteiger partial charge in [-0.1, -0.05) is 15.9 Å². The molecular weight excluding hydrogens is 359 g/mol. The lowest BCUT2D eigenvalue weighted by atomic mass is 10.2. The largest absolute Gasteiger partial charge is 0.313 e. The maximum absolute atomic E-state index is 13.6. The number of nitrogens with one attached hydrogen (secondary N) is 2. The van der Waals surface area contributed by atoms with Gasteiger partial charge in [-0.15, -0.1) is 12.4 Å². The predicted molar refractivity (Wildman–Crippen MR) is 77.6 cm³/mol. The summed E-state index contributed by atoms with van der Waals surface area (Å²) in [5.74, 6) is -0.753. The molecule has 0 aliphatic carbocycles. The van der Waals surface area contributed by atoms with E-state index in [1.165, 1.54) is 12.1 Å². The highest BCUT2D eigenvalue weighted by atomic mass is 79.9. The zero-order valence-corrected chi connectivity index (χ0v) is 13.2. The molecule has 1 saturated heterocycles. The SMILES string of the molecule is Cl.O=S(=O)(NCC1CCCN1)c1ccc(Br)cc1F. The van der Waals surface area contributed by atoms with Crippen LogP contribution in [-0.2, 0) is 10.0 Å². The summed E-state index contributed by atoms with van der Waals surface area (Å²) in [6.45, 7) is 1.19. The van der Waals surface area contributed by atoms with Crippen LogP contribution in [0, 0.1) is 5.82 Å². The topological polar surface area (TPSA) is 58.2 Å². The molecule has 0 amide bonds. The average molecular weight is 374 g/mol. The summed E-state index contributed by atoms with van der Waals surface area (Å²) in [4.78, 5) is -0.316. The smallest absolute Gasteiger partial charge is 0.243 e. The Kier molecular flexibility index (Phi) is 6.19. The van der Waals surface area contributed by atoms with E-state index >= 15 is 0 Å². The molecule has 0 bridgehead atoms. The van der Waals surface area contributed by atoms with Gasteiger partial charge in [0.15, 0.2) is 0 Å². The van der Waals surface area contributed by atoms with E-state index in [1.54, 1.807) is 0 Å². The highest BCUT2D eigenvalue weighted by Gasteiger charge is 2.21. The van der Waals surface area contributed by atoms with Crippen LogP contribution in [0.4, 0.5) is 4.39 Å². The van der Waals surface area contributed by atoms with Gasteiger partial charge in [0, 0.05) is 17.1 Å². The Balaban J connectivity index is 0.00000180. The Hall–Kier alpha value is -0.210. The molecule has 1 aromatic rings. The van der Waals surface area contributed by atoms with Gasteiger partial charge in [-0.2, -0.15) is 0 Å². The molecule has 108 valence electrons. The van der Waals surface area contributed by atoms with Crippen molar-refractivity contribution in [1.82, 2.24) is 10.0 Å². The van der Waals surface area contributed by atoms with E-state index in [1.807, 2.05) is 0 Å². The summed E-state index contributed by atoms with van der Waals surface area (Å²) < 4.78 is 40.4. The van der Waals surface area contributed by atoms with E-state index in [0.29, 0.717) is 4.47 Å². The quantitative estimate of drug-likeness (QED) is 0.849. The van der Waals surface area contributed by atoms with Crippen molar-refractivity contribution in [3.05, 3.63) is 28.5 Å². The molecule has 1 aliphatic heterocycles. The molecule has 2 rings (SSSR count). The highest BCUT2D eigenvalue weighted by molar-refractivity contribution is 9.10. The zero-order chi connectivity index (χ0) is 13.2. The second-order valence-electron chi connectivity index (χ2n) is 4.22. The van der Waals surface area contributed by atoms with Gasteiger partial charge >= 0.3 is 0 Å². The predicted octanol–water partition coefficient (Wildman–Crippen LogP) is 2.04. The van der Waals surface area contributed by atoms with Gasteiger partial charge < -0.3 is 5.32 Å². The van der Waals surface area contributed by atoms with Crippen LogP contribution in [0.15, 0.2) is 27.6 Å². The molecule has 0 spiro atoms. The molecule has 19 heavy (non-hydrogen) atoms. The standard InChI is InChI=1S/C11H14BrFN2O2S.ClH/c12-8-3-4-11(10(13)6-8)18(16,17)15-7-9-2-1-5-14-9;/h3-4,6,9,14-15H,1-2,5,7H2;1H. The van der Waals surface area contributed by atoms with Crippen molar-refractivity contribution in [2.45, 2.75) is 23.8 Å². The number of halogens is 3. The van der Waals surface area contributed by atoms with Crippen molar-refractivity contribution in [2.24, 2.45) is 0 Å². The number of hydrogen-bond acceptors (Lipinski definition) is 3. The fourth-order valence-corrected chi connectivity index (χ4v) is 3.38. The first kappa shape index (κ1) is 16.8. The molecular formula is C11H15BrClFN2O2S. The van der Waals surface area contributed by atoms with Crippen LogP contribution in [0.2, 0.25) is 0 Å². The molecule has 8 heteroatoms. The van der Waals surface area contributed by atoms with Crippen molar-refractivity contribution in [2.75, 3.05) is 13.1 Å². The lowest BCUT2D eigenvalue weighted by Gasteiger charge is -2.12. The minimum atomic E-state index is -3.78. The van der Waals surface area contributed by atoms with E-state index in [2.05, 4.69) is 26.0 Å². The molecule has 0 saturated carbocycles. The molecule has 4 nitrogen and oxygen atoms in total. The summed E-state index contributed by atoms with van der Waals surface area (Å²) in [6.07, 6.45) is 1.98. The lowest BCUT2D eigenvalue weighted by Crippen LogP contribution is -2.37. The van der Waals surface area contributed by atoms with Crippen molar-refractivity contribution in [3.8, 4) is 0 Å². The summed E-state index contributed by atoms with van der Waals surface area (Å²) in [7, 11) is -3.78. The first-order valence-corrected chi connectivity index (χ1v) is 7.95. The average Bonchev–Trinajstić information content (AvgIpc) is 2.78. The van der Waals surface area contributed by atoms with Crippen molar-refractivity contribution in [3.63, 3.8) is 0 Å². The minimum absolute atomic E-state index is 0. The zero-order valence-electron chi connectivity index (χ0n) is 10.0. The van der Waals surface area contributed by atoms with E-state index in [0.717, 1.165) is 25.5 Å². The third-order valence-electron chi connectivity index (χ3n) is 2.87. The van der Waals surface area contributed by atoms with Gasteiger partial charge in [0.1, 0.15) is 10.7 Å². The Labute approximate surface area is 126 Å². The molecule has 0 radical (unpaired) electrons. The monoisotopic (exact) mass is 372 g/mol. The van der Waals surface area contributed by atoms with E-state index in [-0.39, 0.29) is 29.9 Å². The summed E-state index contributed by atoms with van der Waals surface area (Å²) in [5, 5.41) is 3.18. The van der Waals surface area contributed by atoms with Gasteiger partial charge in [-0.25, -0.2) is 17.5 Å². The first-order valence-electron chi connectivity index (χ1n) is 5.67. The second-order valence-corrected chi connectivity index (χ2v) is 6.87. The molecule has 1 heterocycles. The van der Waals surface area contributed by atoms with Crippen molar-refractivity contribution < 1.29 is 12.8 Å². The maximum Gasteiger partial charge on any atom is 0.243 e. The van der Waals surface area contributed by atoms with Crippen LogP contribution >= 0.6 is 28.3 Å². The number of rotatable bonds is 4. The molecule has 1 atom stereocenters. The van der Waals surface area contributed by atoms with Gasteiger partial charge in [0.05, 0.1) is 0 Å². The van der Waals surface area contributed by atoms with Crippen molar-refractivity contribution >= 4 is 38.4 Å². The van der Waals surface area contributed by atoms with Crippen LogP contribution in [0.5, 0.6) is 0 Å². The molecule has 1 fully saturated rings. The molecule has 2 N–H and O–H groups in total. The molecule has 0 aromatic heterocycles. The van der Waals surface area contributed by atoms with Gasteiger partial charge in [0.2, 0.25) is 10.0 Å². The highest BCUT2D eigenvalue weighted by Crippen LogP contribution is 2.19. The normalized spacial score (nSPS) is 19.2. The number of hydrogen-bond donors (Lipinski definition) is 2. The van der Waals surface area contributed by atoms with Gasteiger partial charge in [-0.05, 0) is 37.6 Å². The Morgan fingerprint density at radius 3 is 2.79 bits per heavy atom. The summed E-state index contributed by atoms with van der Waals surface area (Å²) in [5.41, 5.74) is 0. The third-order valence-corrected chi connectivity index (χ3v) is 4.82. The second kappa shape index (κ2) is 6.99. The Bertz CT molecular complexity index is 535. The van der Waals surface area contributed by atoms with Crippen LogP contribution in [0.1, 0.15) is 12.8 Å². The van der Waals surface area contributed by atoms with Crippen LogP contribution < -0.4 is 10.0 Å². The van der Waals surface area contributed by atoms with Gasteiger partial charge in [-0.3, -0.25) is 0 Å². The van der Waals surface area contributed by atoms with E-state index in [9.17, 15) is 12.8 Å². The van der Waals surface area contributed by atoms with Crippen molar-refractivity contribution in [1.29, 1.82) is 0 Å². The van der Waals surface area contributed by atoms with Gasteiger partial charge in [0.25, 0.3) is 0 Å². The van der Waals surface area contributed by atoms with Crippen LogP contribution in [-0.4, -0.2) is 27.5 Å². The van der Waals surface area contributed by atoms with Crippen LogP contribution in [0.3, 0.4) is 0 Å².